The SMILES string of the molecule is NC(=S)c1ccc(NS(=O)(=O)N2CCOCC2)cc1. The third-order valence-electron chi connectivity index (χ3n) is 2.73. The van der Waals surface area contributed by atoms with E-state index >= 15 is 0 Å². The maximum atomic E-state index is 12.1. The van der Waals surface area contributed by atoms with Gasteiger partial charge < -0.3 is 10.5 Å². The maximum Gasteiger partial charge on any atom is 0.301 e. The highest BCUT2D eigenvalue weighted by atomic mass is 32.2. The molecule has 8 heteroatoms. The van der Waals surface area contributed by atoms with E-state index in [0.717, 1.165) is 0 Å². The second kappa shape index (κ2) is 5.83. The van der Waals surface area contributed by atoms with Crippen molar-refractivity contribution in [1.82, 2.24) is 4.31 Å². The molecular formula is C11H15N3O3S2. The number of benzene rings is 1. The first-order chi connectivity index (χ1) is 8.99. The Hall–Kier alpha value is -1.22. The molecule has 104 valence electrons. The molecule has 1 aromatic carbocycles. The molecule has 2 rings (SSSR count). The number of morpholine rings is 1. The number of anilines is 1. The highest BCUT2D eigenvalue weighted by molar-refractivity contribution is 7.90. The summed E-state index contributed by atoms with van der Waals surface area (Å²) in [7, 11) is -3.53. The molecule has 1 fully saturated rings. The van der Waals surface area contributed by atoms with Gasteiger partial charge in [-0.05, 0) is 24.3 Å². The Kier molecular flexibility index (Phi) is 4.35. The summed E-state index contributed by atoms with van der Waals surface area (Å²) in [5, 5.41) is 0. The van der Waals surface area contributed by atoms with E-state index in [1.165, 1.54) is 4.31 Å². The quantitative estimate of drug-likeness (QED) is 0.782. The monoisotopic (exact) mass is 301 g/mol. The summed E-state index contributed by atoms with van der Waals surface area (Å²) in [6.07, 6.45) is 0. The van der Waals surface area contributed by atoms with Gasteiger partial charge in [0.05, 0.1) is 13.2 Å². The molecule has 0 aromatic heterocycles. The molecule has 6 nitrogen and oxygen atoms in total. The van der Waals surface area contributed by atoms with Crippen molar-refractivity contribution in [2.75, 3.05) is 31.0 Å². The standard InChI is InChI=1S/C11H15N3O3S2/c12-11(18)9-1-3-10(4-2-9)13-19(15,16)14-5-7-17-8-6-14/h1-4,13H,5-8H2,(H2,12,18). The van der Waals surface area contributed by atoms with Gasteiger partial charge in [0.2, 0.25) is 0 Å². The number of nitrogens with two attached hydrogens (primary N) is 1. The minimum Gasteiger partial charge on any atom is -0.389 e. The fraction of sp³-hybridized carbons (Fsp3) is 0.364. The Balaban J connectivity index is 2.09. The summed E-state index contributed by atoms with van der Waals surface area (Å²) in [4.78, 5) is 0.280. The Morgan fingerprint density at radius 3 is 2.37 bits per heavy atom. The highest BCUT2D eigenvalue weighted by Gasteiger charge is 2.23. The topological polar surface area (TPSA) is 84.7 Å². The minimum absolute atomic E-state index is 0.280. The zero-order valence-corrected chi connectivity index (χ0v) is 11.8. The second-order valence-electron chi connectivity index (χ2n) is 4.06. The first-order valence-electron chi connectivity index (χ1n) is 5.74. The van der Waals surface area contributed by atoms with E-state index in [9.17, 15) is 8.42 Å². The van der Waals surface area contributed by atoms with E-state index in [1.54, 1.807) is 24.3 Å². The van der Waals surface area contributed by atoms with Crippen LogP contribution < -0.4 is 10.5 Å². The second-order valence-corrected chi connectivity index (χ2v) is 6.17. The summed E-state index contributed by atoms with van der Waals surface area (Å²) in [5.74, 6) is 0. The minimum atomic E-state index is -3.53. The van der Waals surface area contributed by atoms with Crippen LogP contribution in [0, 0.1) is 0 Å². The third kappa shape index (κ3) is 3.63. The van der Waals surface area contributed by atoms with Crippen LogP contribution in [0.1, 0.15) is 5.56 Å². The van der Waals surface area contributed by atoms with Gasteiger partial charge in [0, 0.05) is 24.3 Å². The summed E-state index contributed by atoms with van der Waals surface area (Å²) in [5.41, 5.74) is 6.66. The van der Waals surface area contributed by atoms with Crippen LogP contribution in [-0.4, -0.2) is 44.0 Å². The van der Waals surface area contributed by atoms with Crippen molar-refractivity contribution in [2.45, 2.75) is 0 Å². The smallest absolute Gasteiger partial charge is 0.301 e. The first-order valence-corrected chi connectivity index (χ1v) is 7.59. The van der Waals surface area contributed by atoms with E-state index < -0.39 is 10.2 Å². The molecule has 1 aliphatic rings. The Morgan fingerprint density at radius 2 is 1.84 bits per heavy atom. The van der Waals surface area contributed by atoms with Crippen LogP contribution in [0.4, 0.5) is 5.69 Å². The number of hydrogen-bond acceptors (Lipinski definition) is 4. The van der Waals surface area contributed by atoms with Crippen molar-refractivity contribution in [1.29, 1.82) is 0 Å². The fourth-order valence-corrected chi connectivity index (χ4v) is 3.03. The van der Waals surface area contributed by atoms with Gasteiger partial charge in [0.25, 0.3) is 0 Å². The molecule has 3 N–H and O–H groups in total. The molecule has 0 saturated carbocycles. The molecule has 0 unspecified atom stereocenters. The van der Waals surface area contributed by atoms with E-state index in [1.807, 2.05) is 0 Å². The average Bonchev–Trinajstić information content (AvgIpc) is 2.40. The van der Waals surface area contributed by atoms with Crippen LogP contribution in [0.3, 0.4) is 0 Å². The number of rotatable bonds is 4. The van der Waals surface area contributed by atoms with E-state index in [2.05, 4.69) is 4.72 Å². The van der Waals surface area contributed by atoms with Gasteiger partial charge in [-0.1, -0.05) is 12.2 Å². The molecule has 0 atom stereocenters. The summed E-state index contributed by atoms with van der Waals surface area (Å²) >= 11 is 4.83. The average molecular weight is 301 g/mol. The Bertz CT molecular complexity index is 551. The zero-order chi connectivity index (χ0) is 13.9. The maximum absolute atomic E-state index is 12.1. The van der Waals surface area contributed by atoms with Crippen molar-refractivity contribution in [2.24, 2.45) is 5.73 Å². The number of hydrogen-bond donors (Lipinski definition) is 2. The van der Waals surface area contributed by atoms with Crippen molar-refractivity contribution in [3.63, 3.8) is 0 Å². The van der Waals surface area contributed by atoms with Gasteiger partial charge in [-0.3, -0.25) is 4.72 Å². The molecule has 1 heterocycles. The van der Waals surface area contributed by atoms with Gasteiger partial charge in [0.15, 0.2) is 0 Å². The van der Waals surface area contributed by atoms with Crippen LogP contribution in [-0.2, 0) is 14.9 Å². The van der Waals surface area contributed by atoms with E-state index in [4.69, 9.17) is 22.7 Å². The zero-order valence-electron chi connectivity index (χ0n) is 10.2. The number of ether oxygens (including phenoxy) is 1. The molecule has 0 aliphatic carbocycles. The van der Waals surface area contributed by atoms with Crippen LogP contribution in [0.25, 0.3) is 0 Å². The van der Waals surface area contributed by atoms with Gasteiger partial charge in [-0.25, -0.2) is 0 Å². The summed E-state index contributed by atoms with van der Waals surface area (Å²) in [6, 6.07) is 6.62. The number of thiocarbonyl (C=S) groups is 1. The molecule has 0 radical (unpaired) electrons. The van der Waals surface area contributed by atoms with Crippen molar-refractivity contribution in [3.05, 3.63) is 29.8 Å². The van der Waals surface area contributed by atoms with Crippen molar-refractivity contribution < 1.29 is 13.2 Å². The predicted octanol–water partition coefficient (Wildman–Crippen LogP) is 0.310. The van der Waals surface area contributed by atoms with Gasteiger partial charge >= 0.3 is 10.2 Å². The van der Waals surface area contributed by atoms with Crippen molar-refractivity contribution >= 4 is 33.1 Å². The van der Waals surface area contributed by atoms with Crippen LogP contribution in [0.15, 0.2) is 24.3 Å². The lowest BCUT2D eigenvalue weighted by molar-refractivity contribution is 0.0733. The molecule has 1 saturated heterocycles. The first kappa shape index (κ1) is 14.2. The summed E-state index contributed by atoms with van der Waals surface area (Å²) < 4.78 is 33.2. The van der Waals surface area contributed by atoms with Crippen LogP contribution in [0.5, 0.6) is 0 Å². The van der Waals surface area contributed by atoms with Gasteiger partial charge in [-0.15, -0.1) is 0 Å². The predicted molar refractivity (Wildman–Crippen MR) is 77.3 cm³/mol. The lowest BCUT2D eigenvalue weighted by Gasteiger charge is -2.26. The van der Waals surface area contributed by atoms with Crippen molar-refractivity contribution in [3.8, 4) is 0 Å². The Labute approximate surface area is 117 Å². The van der Waals surface area contributed by atoms with Gasteiger partial charge in [0.1, 0.15) is 4.99 Å². The van der Waals surface area contributed by atoms with Crippen LogP contribution >= 0.6 is 12.2 Å². The molecule has 19 heavy (non-hydrogen) atoms. The number of nitrogens with one attached hydrogen (secondary N) is 1. The molecule has 0 bridgehead atoms. The lowest BCUT2D eigenvalue weighted by Crippen LogP contribution is -2.43. The highest BCUT2D eigenvalue weighted by Crippen LogP contribution is 2.14. The largest absolute Gasteiger partial charge is 0.389 e. The van der Waals surface area contributed by atoms with Gasteiger partial charge in [-0.2, -0.15) is 12.7 Å². The third-order valence-corrected chi connectivity index (χ3v) is 4.50. The normalized spacial score (nSPS) is 17.1. The molecule has 1 aliphatic heterocycles. The molecule has 0 amide bonds. The molecule has 0 spiro atoms. The summed E-state index contributed by atoms with van der Waals surface area (Å²) in [6.45, 7) is 1.56. The number of nitrogens with zero attached hydrogens (tertiary/aromatic N) is 1. The fourth-order valence-electron chi connectivity index (χ4n) is 1.70. The van der Waals surface area contributed by atoms with E-state index in [-0.39, 0.29) is 4.99 Å². The van der Waals surface area contributed by atoms with E-state index in [0.29, 0.717) is 37.6 Å². The Morgan fingerprint density at radius 1 is 1.26 bits per heavy atom. The lowest BCUT2D eigenvalue weighted by atomic mass is 10.2. The molecule has 1 aromatic rings. The molecular weight excluding hydrogens is 286 g/mol. The van der Waals surface area contributed by atoms with Crippen LogP contribution in [0.2, 0.25) is 0 Å².